The van der Waals surface area contributed by atoms with Crippen LogP contribution in [0.3, 0.4) is 0 Å². The van der Waals surface area contributed by atoms with E-state index in [0.717, 1.165) is 30.4 Å². The molecule has 1 fully saturated rings. The molecule has 0 spiro atoms. The molecule has 1 aromatic heterocycles. The number of nitrogens with zero attached hydrogens (tertiary/aromatic N) is 3. The zero-order chi connectivity index (χ0) is 22.3. The van der Waals surface area contributed by atoms with E-state index < -0.39 is 0 Å². The number of aromatic nitrogens is 2. The summed E-state index contributed by atoms with van der Waals surface area (Å²) in [5.74, 6) is 0.997. The highest BCUT2D eigenvalue weighted by Crippen LogP contribution is 2.25. The van der Waals surface area contributed by atoms with Crippen molar-refractivity contribution in [2.24, 2.45) is 0 Å². The number of amides is 1. The van der Waals surface area contributed by atoms with E-state index >= 15 is 0 Å². The lowest BCUT2D eigenvalue weighted by Crippen LogP contribution is -2.29. The number of aliphatic hydroxyl groups is 1. The fraction of sp³-hybridized carbons (Fsp3) is 0.250. The molecule has 2 heterocycles. The molecule has 8 heteroatoms. The standard InChI is InChI=1S/C24H24N4O4/c29-15-17-3-1-4-18(13-17)21-8-9-25-24(27-21)26-20-6-7-22(19(14-20)16-30)32-12-11-28-10-2-5-23(28)31/h1,3-4,6-9,13-14,16,29H,2,5,10-12,15H2,(H,25,26,27). The van der Waals surface area contributed by atoms with E-state index in [1.54, 1.807) is 35.4 Å². The maximum Gasteiger partial charge on any atom is 0.227 e. The average Bonchev–Trinajstić information content (AvgIpc) is 3.24. The van der Waals surface area contributed by atoms with Gasteiger partial charge in [0.25, 0.3) is 0 Å². The van der Waals surface area contributed by atoms with E-state index in [2.05, 4.69) is 15.3 Å². The quantitative estimate of drug-likeness (QED) is 0.500. The zero-order valence-electron chi connectivity index (χ0n) is 17.5. The van der Waals surface area contributed by atoms with Crippen molar-refractivity contribution in [2.45, 2.75) is 19.4 Å². The van der Waals surface area contributed by atoms with Gasteiger partial charge >= 0.3 is 0 Å². The molecular weight excluding hydrogens is 408 g/mol. The van der Waals surface area contributed by atoms with Gasteiger partial charge in [-0.15, -0.1) is 0 Å². The Balaban J connectivity index is 1.44. The first-order valence-corrected chi connectivity index (χ1v) is 10.5. The van der Waals surface area contributed by atoms with Gasteiger partial charge in [0, 0.05) is 30.4 Å². The van der Waals surface area contributed by atoms with Gasteiger partial charge in [-0.25, -0.2) is 9.97 Å². The van der Waals surface area contributed by atoms with Crippen LogP contribution in [0.5, 0.6) is 5.75 Å². The number of ether oxygens (including phenoxy) is 1. The second-order valence-corrected chi connectivity index (χ2v) is 7.45. The molecule has 1 aliphatic rings. The summed E-state index contributed by atoms with van der Waals surface area (Å²) in [7, 11) is 0. The first kappa shape index (κ1) is 21.5. The smallest absolute Gasteiger partial charge is 0.227 e. The minimum absolute atomic E-state index is 0.0404. The van der Waals surface area contributed by atoms with Gasteiger partial charge in [-0.1, -0.05) is 18.2 Å². The molecule has 3 aromatic rings. The van der Waals surface area contributed by atoms with Gasteiger partial charge in [0.1, 0.15) is 12.4 Å². The highest BCUT2D eigenvalue weighted by molar-refractivity contribution is 5.82. The Bertz CT molecular complexity index is 1120. The number of carbonyl (C=O) groups is 2. The summed E-state index contributed by atoms with van der Waals surface area (Å²) in [6.45, 7) is 1.56. The summed E-state index contributed by atoms with van der Waals surface area (Å²) >= 11 is 0. The Morgan fingerprint density at radius 2 is 2.09 bits per heavy atom. The normalized spacial score (nSPS) is 13.3. The Labute approximate surface area is 185 Å². The summed E-state index contributed by atoms with van der Waals surface area (Å²) in [5.41, 5.74) is 3.43. The first-order valence-electron chi connectivity index (χ1n) is 10.5. The van der Waals surface area contributed by atoms with Crippen molar-refractivity contribution in [3.63, 3.8) is 0 Å². The molecular formula is C24H24N4O4. The number of nitrogens with one attached hydrogen (secondary N) is 1. The lowest BCUT2D eigenvalue weighted by Gasteiger charge is -2.16. The molecule has 1 aliphatic heterocycles. The van der Waals surface area contributed by atoms with Crippen molar-refractivity contribution in [3.8, 4) is 17.0 Å². The molecule has 2 aromatic carbocycles. The van der Waals surface area contributed by atoms with Crippen molar-refractivity contribution in [1.29, 1.82) is 0 Å². The number of rotatable bonds is 9. The number of hydrogen-bond donors (Lipinski definition) is 2. The van der Waals surface area contributed by atoms with Crippen LogP contribution < -0.4 is 10.1 Å². The predicted molar refractivity (Wildman–Crippen MR) is 120 cm³/mol. The van der Waals surface area contributed by atoms with E-state index in [0.29, 0.717) is 48.2 Å². The maximum absolute atomic E-state index is 11.7. The van der Waals surface area contributed by atoms with Crippen molar-refractivity contribution in [1.82, 2.24) is 14.9 Å². The maximum atomic E-state index is 11.7. The first-order chi connectivity index (χ1) is 15.7. The number of anilines is 2. The van der Waals surface area contributed by atoms with Gasteiger partial charge in [-0.3, -0.25) is 9.59 Å². The van der Waals surface area contributed by atoms with Crippen LogP contribution in [0.4, 0.5) is 11.6 Å². The Kier molecular flexibility index (Phi) is 6.72. The lowest BCUT2D eigenvalue weighted by atomic mass is 10.1. The molecule has 8 nitrogen and oxygen atoms in total. The second kappa shape index (κ2) is 10.0. The third kappa shape index (κ3) is 5.09. The van der Waals surface area contributed by atoms with Crippen LogP contribution in [0, 0.1) is 0 Å². The van der Waals surface area contributed by atoms with Crippen LogP contribution in [0.1, 0.15) is 28.8 Å². The highest BCUT2D eigenvalue weighted by Gasteiger charge is 2.19. The van der Waals surface area contributed by atoms with Crippen LogP contribution >= 0.6 is 0 Å². The molecule has 0 aliphatic carbocycles. The van der Waals surface area contributed by atoms with Crippen molar-refractivity contribution in [3.05, 3.63) is 65.9 Å². The highest BCUT2D eigenvalue weighted by atomic mass is 16.5. The van der Waals surface area contributed by atoms with E-state index in [4.69, 9.17) is 4.74 Å². The van der Waals surface area contributed by atoms with Crippen molar-refractivity contribution in [2.75, 3.05) is 25.0 Å². The van der Waals surface area contributed by atoms with Crippen molar-refractivity contribution < 1.29 is 19.4 Å². The van der Waals surface area contributed by atoms with Crippen LogP contribution in [-0.4, -0.2) is 51.9 Å². The fourth-order valence-corrected chi connectivity index (χ4v) is 3.59. The molecule has 4 rings (SSSR count). The van der Waals surface area contributed by atoms with E-state index in [9.17, 15) is 14.7 Å². The summed E-state index contributed by atoms with van der Waals surface area (Å²) in [5, 5.41) is 12.5. The second-order valence-electron chi connectivity index (χ2n) is 7.45. The van der Waals surface area contributed by atoms with E-state index in [-0.39, 0.29) is 12.5 Å². The van der Waals surface area contributed by atoms with Crippen LogP contribution in [0.15, 0.2) is 54.7 Å². The van der Waals surface area contributed by atoms with Gasteiger partial charge in [0.2, 0.25) is 11.9 Å². The number of aliphatic hydroxyl groups excluding tert-OH is 1. The topological polar surface area (TPSA) is 105 Å². The largest absolute Gasteiger partial charge is 0.491 e. The van der Waals surface area contributed by atoms with Gasteiger partial charge in [-0.2, -0.15) is 0 Å². The summed E-state index contributed by atoms with van der Waals surface area (Å²) in [6.07, 6.45) is 3.86. The third-order valence-corrected chi connectivity index (χ3v) is 5.24. The average molecular weight is 432 g/mol. The molecule has 0 unspecified atom stereocenters. The number of likely N-dealkylation sites (tertiary alicyclic amines) is 1. The molecule has 0 radical (unpaired) electrons. The molecule has 164 valence electrons. The molecule has 32 heavy (non-hydrogen) atoms. The number of benzene rings is 2. The van der Waals surface area contributed by atoms with Crippen LogP contribution in [0.25, 0.3) is 11.3 Å². The molecule has 0 saturated carbocycles. The van der Waals surface area contributed by atoms with Crippen LogP contribution in [0.2, 0.25) is 0 Å². The minimum Gasteiger partial charge on any atom is -0.491 e. The Morgan fingerprint density at radius 3 is 2.88 bits per heavy atom. The Morgan fingerprint density at radius 1 is 1.19 bits per heavy atom. The molecule has 0 atom stereocenters. The molecule has 2 N–H and O–H groups in total. The third-order valence-electron chi connectivity index (χ3n) is 5.24. The lowest BCUT2D eigenvalue weighted by molar-refractivity contribution is -0.128. The van der Waals surface area contributed by atoms with Crippen molar-refractivity contribution >= 4 is 23.8 Å². The number of carbonyl (C=O) groups excluding carboxylic acids is 2. The van der Waals surface area contributed by atoms with E-state index in [1.165, 1.54) is 0 Å². The SMILES string of the molecule is O=Cc1cc(Nc2nccc(-c3cccc(CO)c3)n2)ccc1OCCN1CCCC1=O. The van der Waals surface area contributed by atoms with Crippen LogP contribution in [-0.2, 0) is 11.4 Å². The summed E-state index contributed by atoms with van der Waals surface area (Å²) in [4.78, 5) is 33.8. The molecule has 1 saturated heterocycles. The fourth-order valence-electron chi connectivity index (χ4n) is 3.59. The van der Waals surface area contributed by atoms with Gasteiger partial charge < -0.3 is 20.1 Å². The van der Waals surface area contributed by atoms with Gasteiger partial charge in [-0.05, 0) is 42.3 Å². The van der Waals surface area contributed by atoms with Gasteiger partial charge in [0.15, 0.2) is 6.29 Å². The summed E-state index contributed by atoms with van der Waals surface area (Å²) < 4.78 is 5.74. The molecule has 1 amide bonds. The minimum atomic E-state index is -0.0404. The zero-order valence-corrected chi connectivity index (χ0v) is 17.5. The monoisotopic (exact) mass is 432 g/mol. The van der Waals surface area contributed by atoms with Gasteiger partial charge in [0.05, 0.1) is 24.4 Å². The number of aldehydes is 1. The van der Waals surface area contributed by atoms with E-state index in [1.807, 2.05) is 24.3 Å². The molecule has 0 bridgehead atoms. The Hall–Kier alpha value is -3.78. The number of hydrogen-bond acceptors (Lipinski definition) is 7. The summed E-state index contributed by atoms with van der Waals surface area (Å²) in [6, 6.07) is 14.5. The predicted octanol–water partition coefficient (Wildman–Crippen LogP) is 3.19.